The molecule has 2 amide bonds. The predicted molar refractivity (Wildman–Crippen MR) is 121 cm³/mol. The highest BCUT2D eigenvalue weighted by atomic mass is 35.5. The van der Waals surface area contributed by atoms with E-state index in [9.17, 15) is 9.59 Å². The first-order valence-electron chi connectivity index (χ1n) is 9.94. The van der Waals surface area contributed by atoms with Crippen molar-refractivity contribution in [2.45, 2.75) is 45.7 Å². The number of rotatable bonds is 9. The van der Waals surface area contributed by atoms with Gasteiger partial charge in [0, 0.05) is 23.6 Å². The molecule has 0 bridgehead atoms. The molecular weight excluding hydrogens is 423 g/mol. The van der Waals surface area contributed by atoms with Gasteiger partial charge in [0.05, 0.1) is 0 Å². The second-order valence-electron chi connectivity index (χ2n) is 7.31. The smallest absolute Gasteiger partial charge is 0.261 e. The average molecular weight is 451 g/mol. The molecule has 0 fully saturated rings. The third-order valence-electron chi connectivity index (χ3n) is 4.90. The fraction of sp³-hybridized carbons (Fsp3) is 0.391. The molecule has 1 atom stereocenters. The van der Waals surface area contributed by atoms with E-state index in [2.05, 4.69) is 19.2 Å². The lowest BCUT2D eigenvalue weighted by Crippen LogP contribution is -2.49. The van der Waals surface area contributed by atoms with Crippen LogP contribution in [0.15, 0.2) is 42.5 Å². The first-order valence-corrected chi connectivity index (χ1v) is 10.7. The van der Waals surface area contributed by atoms with Gasteiger partial charge >= 0.3 is 0 Å². The second-order valence-corrected chi connectivity index (χ2v) is 8.15. The molecule has 0 aliphatic heterocycles. The van der Waals surface area contributed by atoms with Crippen molar-refractivity contribution in [2.24, 2.45) is 0 Å². The Morgan fingerprint density at radius 2 is 1.77 bits per heavy atom. The van der Waals surface area contributed by atoms with Gasteiger partial charge in [-0.15, -0.1) is 0 Å². The number of carbonyl (C=O) groups excluding carboxylic acids is 2. The van der Waals surface area contributed by atoms with Crippen molar-refractivity contribution in [3.8, 4) is 5.75 Å². The number of benzene rings is 2. The topological polar surface area (TPSA) is 58.6 Å². The first-order chi connectivity index (χ1) is 14.3. The summed E-state index contributed by atoms with van der Waals surface area (Å²) in [4.78, 5) is 26.9. The molecule has 0 aliphatic carbocycles. The van der Waals surface area contributed by atoms with Crippen molar-refractivity contribution in [3.63, 3.8) is 0 Å². The third-order valence-corrected chi connectivity index (χ3v) is 5.48. The van der Waals surface area contributed by atoms with Gasteiger partial charge in [-0.1, -0.05) is 62.2 Å². The zero-order chi connectivity index (χ0) is 22.3. The number of hydrogen-bond donors (Lipinski definition) is 1. The standard InChI is InChI=1S/C23H28Cl2N2O3/c1-5-21(23(29)26-4)27(13-17-6-9-18(24)12-20(17)25)22(28)14-30-19-10-7-16(8-11-19)15(2)3/h6-12,15,21H,5,13-14H2,1-4H3,(H,26,29). The third kappa shape index (κ3) is 6.38. The Kier molecular flexibility index (Phi) is 9.00. The zero-order valence-corrected chi connectivity index (χ0v) is 19.3. The summed E-state index contributed by atoms with van der Waals surface area (Å²) in [5.74, 6) is 0.477. The number of nitrogens with one attached hydrogen (secondary N) is 1. The fourth-order valence-corrected chi connectivity index (χ4v) is 3.56. The normalized spacial score (nSPS) is 11.8. The van der Waals surface area contributed by atoms with E-state index in [0.29, 0.717) is 33.7 Å². The van der Waals surface area contributed by atoms with Crippen molar-refractivity contribution in [2.75, 3.05) is 13.7 Å². The number of halogens is 2. The lowest BCUT2D eigenvalue weighted by atomic mass is 10.0. The van der Waals surface area contributed by atoms with E-state index in [0.717, 1.165) is 0 Å². The van der Waals surface area contributed by atoms with Crippen LogP contribution in [-0.2, 0) is 16.1 Å². The van der Waals surface area contributed by atoms with Crippen LogP contribution in [0.5, 0.6) is 5.75 Å². The Balaban J connectivity index is 2.19. The molecule has 0 saturated heterocycles. The van der Waals surface area contributed by atoms with Gasteiger partial charge in [0.25, 0.3) is 5.91 Å². The van der Waals surface area contributed by atoms with E-state index in [1.165, 1.54) is 10.5 Å². The fourth-order valence-electron chi connectivity index (χ4n) is 3.10. The number of amides is 2. The molecule has 1 unspecified atom stereocenters. The maximum atomic E-state index is 13.0. The van der Waals surface area contributed by atoms with E-state index >= 15 is 0 Å². The Labute approximate surface area is 188 Å². The van der Waals surface area contributed by atoms with Crippen LogP contribution >= 0.6 is 23.2 Å². The summed E-state index contributed by atoms with van der Waals surface area (Å²) in [5.41, 5.74) is 1.90. The molecule has 2 aromatic carbocycles. The summed E-state index contributed by atoms with van der Waals surface area (Å²) in [6.45, 7) is 6.08. The van der Waals surface area contributed by atoms with Gasteiger partial charge < -0.3 is 15.0 Å². The first kappa shape index (κ1) is 24.0. The molecule has 0 spiro atoms. The highest BCUT2D eigenvalue weighted by molar-refractivity contribution is 6.35. The molecule has 2 aromatic rings. The zero-order valence-electron chi connectivity index (χ0n) is 17.7. The largest absolute Gasteiger partial charge is 0.484 e. The monoisotopic (exact) mass is 450 g/mol. The molecule has 162 valence electrons. The van der Waals surface area contributed by atoms with Gasteiger partial charge in [0.2, 0.25) is 5.91 Å². The van der Waals surface area contributed by atoms with Gasteiger partial charge in [0.1, 0.15) is 11.8 Å². The summed E-state index contributed by atoms with van der Waals surface area (Å²) in [5, 5.41) is 3.57. The average Bonchev–Trinajstić information content (AvgIpc) is 2.73. The summed E-state index contributed by atoms with van der Waals surface area (Å²) in [7, 11) is 1.55. The Hall–Kier alpha value is -2.24. The van der Waals surface area contributed by atoms with Crippen LogP contribution in [0.3, 0.4) is 0 Å². The highest BCUT2D eigenvalue weighted by Crippen LogP contribution is 2.24. The van der Waals surface area contributed by atoms with Crippen LogP contribution in [-0.4, -0.2) is 36.4 Å². The van der Waals surface area contributed by atoms with E-state index in [1.54, 1.807) is 25.2 Å². The van der Waals surface area contributed by atoms with Crippen molar-refractivity contribution in [1.29, 1.82) is 0 Å². The number of ether oxygens (including phenoxy) is 1. The second kappa shape index (κ2) is 11.2. The Morgan fingerprint density at radius 3 is 2.30 bits per heavy atom. The molecule has 0 saturated carbocycles. The van der Waals surface area contributed by atoms with Crippen LogP contribution in [0, 0.1) is 0 Å². The number of nitrogens with zero attached hydrogens (tertiary/aromatic N) is 1. The van der Waals surface area contributed by atoms with Crippen LogP contribution < -0.4 is 10.1 Å². The SMILES string of the molecule is CCC(C(=O)NC)N(Cc1ccc(Cl)cc1Cl)C(=O)COc1ccc(C(C)C)cc1. The molecule has 0 aliphatic rings. The van der Waals surface area contributed by atoms with Gasteiger partial charge in [-0.25, -0.2) is 0 Å². The molecule has 0 radical (unpaired) electrons. The molecule has 30 heavy (non-hydrogen) atoms. The van der Waals surface area contributed by atoms with Crippen LogP contribution in [0.25, 0.3) is 0 Å². The van der Waals surface area contributed by atoms with Crippen molar-refractivity contribution in [3.05, 3.63) is 63.6 Å². The number of hydrogen-bond acceptors (Lipinski definition) is 3. The molecule has 7 heteroatoms. The van der Waals surface area contributed by atoms with E-state index in [4.69, 9.17) is 27.9 Å². The van der Waals surface area contributed by atoms with Crippen molar-refractivity contribution < 1.29 is 14.3 Å². The molecule has 5 nitrogen and oxygen atoms in total. The van der Waals surface area contributed by atoms with Gasteiger partial charge in [-0.05, 0) is 47.7 Å². The summed E-state index contributed by atoms with van der Waals surface area (Å²) >= 11 is 12.3. The maximum absolute atomic E-state index is 13.0. The lowest BCUT2D eigenvalue weighted by molar-refractivity contribution is -0.142. The molecule has 0 heterocycles. The summed E-state index contributed by atoms with van der Waals surface area (Å²) in [6.07, 6.45) is 0.458. The van der Waals surface area contributed by atoms with Crippen LogP contribution in [0.4, 0.5) is 0 Å². The number of likely N-dealkylation sites (N-methyl/N-ethyl adjacent to an activating group) is 1. The minimum absolute atomic E-state index is 0.177. The van der Waals surface area contributed by atoms with E-state index in [-0.39, 0.29) is 25.0 Å². The van der Waals surface area contributed by atoms with Crippen LogP contribution in [0.1, 0.15) is 44.2 Å². The van der Waals surface area contributed by atoms with Gasteiger partial charge in [-0.2, -0.15) is 0 Å². The predicted octanol–water partition coefficient (Wildman–Crippen LogP) is 5.05. The highest BCUT2D eigenvalue weighted by Gasteiger charge is 2.28. The Morgan fingerprint density at radius 1 is 1.10 bits per heavy atom. The van der Waals surface area contributed by atoms with E-state index < -0.39 is 6.04 Å². The quantitative estimate of drug-likeness (QED) is 0.581. The van der Waals surface area contributed by atoms with Gasteiger partial charge in [-0.3, -0.25) is 9.59 Å². The number of carbonyl (C=O) groups is 2. The molecule has 0 aromatic heterocycles. The van der Waals surface area contributed by atoms with Crippen molar-refractivity contribution in [1.82, 2.24) is 10.2 Å². The van der Waals surface area contributed by atoms with Crippen molar-refractivity contribution >= 4 is 35.0 Å². The minimum Gasteiger partial charge on any atom is -0.484 e. The Bertz CT molecular complexity index is 869. The summed E-state index contributed by atoms with van der Waals surface area (Å²) in [6, 6.07) is 12.1. The summed E-state index contributed by atoms with van der Waals surface area (Å²) < 4.78 is 5.70. The molecular formula is C23H28Cl2N2O3. The minimum atomic E-state index is -0.638. The van der Waals surface area contributed by atoms with Crippen LogP contribution in [0.2, 0.25) is 10.0 Å². The molecule has 1 N–H and O–H groups in total. The lowest BCUT2D eigenvalue weighted by Gasteiger charge is -2.30. The molecule has 2 rings (SSSR count). The van der Waals surface area contributed by atoms with E-state index in [1.807, 2.05) is 31.2 Å². The maximum Gasteiger partial charge on any atom is 0.261 e. The van der Waals surface area contributed by atoms with Gasteiger partial charge in [0.15, 0.2) is 6.61 Å².